The molecule has 3 rings (SSSR count). The van der Waals surface area contributed by atoms with Gasteiger partial charge >= 0.3 is 0 Å². The lowest BCUT2D eigenvalue weighted by atomic mass is 10.1. The van der Waals surface area contributed by atoms with Crippen LogP contribution in [0.4, 0.5) is 5.69 Å². The molecule has 2 atom stereocenters. The molecular weight excluding hydrogens is 262 g/mol. The van der Waals surface area contributed by atoms with Crippen LogP contribution in [0.15, 0.2) is 42.5 Å². The summed E-state index contributed by atoms with van der Waals surface area (Å²) >= 11 is 0. The molecule has 100 valence electrons. The molecule has 4 nitrogen and oxygen atoms in total. The Morgan fingerprint density at radius 1 is 1.05 bits per heavy atom. The van der Waals surface area contributed by atoms with Crippen molar-refractivity contribution in [1.82, 2.24) is 0 Å². The highest BCUT2D eigenvalue weighted by Crippen LogP contribution is 2.22. The minimum atomic E-state index is -3.12. The van der Waals surface area contributed by atoms with Gasteiger partial charge in [-0.1, -0.05) is 30.3 Å². The predicted octanol–water partition coefficient (Wildman–Crippen LogP) is 1.41. The van der Waals surface area contributed by atoms with E-state index in [-0.39, 0.29) is 11.5 Å². The van der Waals surface area contributed by atoms with Crippen molar-refractivity contribution in [1.29, 1.82) is 0 Å². The molecule has 2 N–H and O–H groups in total. The van der Waals surface area contributed by atoms with Crippen LogP contribution in [0.1, 0.15) is 0 Å². The second-order valence-electron chi connectivity index (χ2n) is 4.96. The number of fused-ring (bicyclic) bond motifs is 1. The van der Waals surface area contributed by atoms with E-state index in [1.165, 1.54) is 0 Å². The summed E-state index contributed by atoms with van der Waals surface area (Å²) in [6.07, 6.45) is -0.837. The largest absolute Gasteiger partial charge is 0.390 e. The summed E-state index contributed by atoms with van der Waals surface area (Å²) in [5.74, 6) is -0.167. The first-order valence-corrected chi connectivity index (χ1v) is 7.99. The van der Waals surface area contributed by atoms with Crippen LogP contribution in [0, 0.1) is 0 Å². The molecule has 0 aromatic heterocycles. The number of benzene rings is 2. The van der Waals surface area contributed by atoms with Gasteiger partial charge in [-0.25, -0.2) is 8.42 Å². The average molecular weight is 277 g/mol. The Morgan fingerprint density at radius 2 is 1.79 bits per heavy atom. The Labute approximate surface area is 112 Å². The number of sulfone groups is 1. The number of hydrogen-bond acceptors (Lipinski definition) is 4. The Hall–Kier alpha value is -1.59. The number of rotatable bonds is 2. The fraction of sp³-hybridized carbons (Fsp3) is 0.286. The summed E-state index contributed by atoms with van der Waals surface area (Å²) in [7, 11) is -3.12. The van der Waals surface area contributed by atoms with Gasteiger partial charge in [-0.05, 0) is 22.9 Å². The minimum absolute atomic E-state index is 0.0129. The molecule has 0 radical (unpaired) electrons. The van der Waals surface area contributed by atoms with Gasteiger partial charge in [0, 0.05) is 5.69 Å². The first-order valence-electron chi connectivity index (χ1n) is 6.17. The second kappa shape index (κ2) is 4.51. The molecular formula is C14H15NO3S. The smallest absolute Gasteiger partial charge is 0.155 e. The van der Waals surface area contributed by atoms with E-state index in [1.807, 2.05) is 42.5 Å². The van der Waals surface area contributed by atoms with E-state index < -0.39 is 22.0 Å². The Morgan fingerprint density at radius 3 is 2.47 bits per heavy atom. The van der Waals surface area contributed by atoms with Crippen molar-refractivity contribution in [2.24, 2.45) is 0 Å². The highest BCUT2D eigenvalue weighted by Gasteiger charge is 2.36. The second-order valence-corrected chi connectivity index (χ2v) is 7.11. The van der Waals surface area contributed by atoms with Crippen molar-refractivity contribution in [2.45, 2.75) is 12.1 Å². The van der Waals surface area contributed by atoms with Crippen LogP contribution in [0.25, 0.3) is 10.8 Å². The summed E-state index contributed by atoms with van der Waals surface area (Å²) in [4.78, 5) is 0. The fourth-order valence-electron chi connectivity index (χ4n) is 2.46. The van der Waals surface area contributed by atoms with Gasteiger partial charge in [0.15, 0.2) is 9.84 Å². The molecule has 19 heavy (non-hydrogen) atoms. The first kappa shape index (κ1) is 12.4. The Kier molecular flexibility index (Phi) is 2.95. The van der Waals surface area contributed by atoms with E-state index in [1.54, 1.807) is 0 Å². The fourth-order valence-corrected chi connectivity index (χ4v) is 4.20. The lowest BCUT2D eigenvalue weighted by Crippen LogP contribution is -2.31. The van der Waals surface area contributed by atoms with E-state index >= 15 is 0 Å². The van der Waals surface area contributed by atoms with Crippen LogP contribution in [-0.2, 0) is 9.84 Å². The monoisotopic (exact) mass is 277 g/mol. The molecule has 0 aliphatic carbocycles. The van der Waals surface area contributed by atoms with Gasteiger partial charge in [-0.2, -0.15) is 0 Å². The standard InChI is InChI=1S/C14H15NO3S/c16-14-9-19(17,18)8-13(14)15-12-6-5-10-3-1-2-4-11(10)7-12/h1-7,13-16H,8-9H2/t13-,14-/m0/s1. The van der Waals surface area contributed by atoms with Gasteiger partial charge in [-0.3, -0.25) is 0 Å². The van der Waals surface area contributed by atoms with Crippen molar-refractivity contribution in [3.8, 4) is 0 Å². The molecule has 2 aromatic carbocycles. The van der Waals surface area contributed by atoms with Crippen molar-refractivity contribution in [3.05, 3.63) is 42.5 Å². The third-order valence-corrected chi connectivity index (χ3v) is 5.14. The SMILES string of the molecule is O=S1(=O)C[C@H](Nc2ccc3ccccc3c2)[C@@H](O)C1. The van der Waals surface area contributed by atoms with E-state index in [9.17, 15) is 13.5 Å². The maximum atomic E-state index is 11.5. The molecule has 1 aliphatic heterocycles. The van der Waals surface area contributed by atoms with Crippen molar-refractivity contribution in [3.63, 3.8) is 0 Å². The number of aliphatic hydroxyl groups is 1. The van der Waals surface area contributed by atoms with Crippen molar-refractivity contribution in [2.75, 3.05) is 16.8 Å². The van der Waals surface area contributed by atoms with E-state index in [0.29, 0.717) is 0 Å². The van der Waals surface area contributed by atoms with E-state index in [2.05, 4.69) is 5.32 Å². The third-order valence-electron chi connectivity index (χ3n) is 3.42. The normalized spacial score (nSPS) is 25.5. The molecule has 1 heterocycles. The molecule has 0 amide bonds. The Bertz CT molecular complexity index is 711. The summed E-state index contributed by atoms with van der Waals surface area (Å²) in [6.45, 7) is 0. The molecule has 0 saturated carbocycles. The number of hydrogen-bond donors (Lipinski definition) is 2. The van der Waals surface area contributed by atoms with Gasteiger partial charge in [0.25, 0.3) is 0 Å². The lowest BCUT2D eigenvalue weighted by Gasteiger charge is -2.16. The van der Waals surface area contributed by atoms with Gasteiger partial charge in [-0.15, -0.1) is 0 Å². The zero-order valence-electron chi connectivity index (χ0n) is 10.3. The van der Waals surface area contributed by atoms with Crippen molar-refractivity contribution >= 4 is 26.3 Å². The van der Waals surface area contributed by atoms with Crippen LogP contribution in [0.5, 0.6) is 0 Å². The summed E-state index contributed by atoms with van der Waals surface area (Å²) in [5, 5.41) is 15.1. The molecule has 1 aliphatic rings. The van der Waals surface area contributed by atoms with Crippen LogP contribution < -0.4 is 5.32 Å². The molecule has 0 bridgehead atoms. The van der Waals surface area contributed by atoms with Gasteiger partial charge in [0.1, 0.15) is 0 Å². The van der Waals surface area contributed by atoms with Crippen LogP contribution in [0.3, 0.4) is 0 Å². The first-order chi connectivity index (χ1) is 9.03. The molecule has 0 spiro atoms. The molecule has 5 heteroatoms. The van der Waals surface area contributed by atoms with Crippen LogP contribution in [-0.4, -0.2) is 37.2 Å². The van der Waals surface area contributed by atoms with Crippen LogP contribution >= 0.6 is 0 Å². The summed E-state index contributed by atoms with van der Waals surface area (Å²) in [6, 6.07) is 13.4. The highest BCUT2D eigenvalue weighted by molar-refractivity contribution is 7.91. The molecule has 1 saturated heterocycles. The predicted molar refractivity (Wildman–Crippen MR) is 76.0 cm³/mol. The average Bonchev–Trinajstić information content (AvgIpc) is 2.62. The van der Waals surface area contributed by atoms with E-state index in [4.69, 9.17) is 0 Å². The molecule has 1 fully saturated rings. The third kappa shape index (κ3) is 2.57. The zero-order valence-corrected chi connectivity index (χ0v) is 11.1. The van der Waals surface area contributed by atoms with Gasteiger partial charge < -0.3 is 10.4 Å². The maximum Gasteiger partial charge on any atom is 0.155 e. The summed E-state index contributed by atoms with van der Waals surface area (Å²) < 4.78 is 22.9. The van der Waals surface area contributed by atoms with Crippen molar-refractivity contribution < 1.29 is 13.5 Å². The molecule has 0 unspecified atom stereocenters. The lowest BCUT2D eigenvalue weighted by molar-refractivity contribution is 0.190. The number of nitrogens with one attached hydrogen (secondary N) is 1. The Balaban J connectivity index is 1.86. The zero-order chi connectivity index (χ0) is 13.5. The van der Waals surface area contributed by atoms with Gasteiger partial charge in [0.05, 0.1) is 23.7 Å². The maximum absolute atomic E-state index is 11.5. The van der Waals surface area contributed by atoms with Gasteiger partial charge in [0.2, 0.25) is 0 Å². The number of anilines is 1. The van der Waals surface area contributed by atoms with Crippen LogP contribution in [0.2, 0.25) is 0 Å². The minimum Gasteiger partial charge on any atom is -0.390 e. The molecule has 2 aromatic rings. The number of aliphatic hydroxyl groups excluding tert-OH is 1. The van der Waals surface area contributed by atoms with E-state index in [0.717, 1.165) is 16.5 Å². The topological polar surface area (TPSA) is 66.4 Å². The summed E-state index contributed by atoms with van der Waals surface area (Å²) in [5.41, 5.74) is 0.833. The highest BCUT2D eigenvalue weighted by atomic mass is 32.2. The quantitative estimate of drug-likeness (QED) is 0.871.